The first-order valence-corrected chi connectivity index (χ1v) is 24.4. The summed E-state index contributed by atoms with van der Waals surface area (Å²) in [7, 11) is 0. The number of hydrogen-bond donors (Lipinski definition) is 2. The second kappa shape index (κ2) is 35.3. The average Bonchev–Trinajstić information content (AvgIpc) is 3.78. The predicted octanol–water partition coefficient (Wildman–Crippen LogP) is 1.01. The topological polar surface area (TPSA) is 253 Å². The van der Waals surface area contributed by atoms with Crippen molar-refractivity contribution >= 4 is 41.1 Å². The van der Waals surface area contributed by atoms with Gasteiger partial charge in [0.25, 0.3) is 23.6 Å². The van der Waals surface area contributed by atoms with Crippen molar-refractivity contribution in [1.29, 1.82) is 0 Å². The Balaban J connectivity index is 0.663. The molecular formula is C49H70N4O19. The van der Waals surface area contributed by atoms with E-state index in [1.54, 1.807) is 42.5 Å². The summed E-state index contributed by atoms with van der Waals surface area (Å²) >= 11 is 0. The number of benzene rings is 2. The highest BCUT2D eigenvalue weighted by atomic mass is 16.6. The number of imide groups is 3. The molecule has 1 atom stereocenters. The van der Waals surface area contributed by atoms with Gasteiger partial charge in [0.1, 0.15) is 6.04 Å². The lowest BCUT2D eigenvalue weighted by atomic mass is 10.0. The number of carbonyl (C=O) groups excluding carboxylic acids is 6. The summed E-state index contributed by atoms with van der Waals surface area (Å²) in [5, 5.41) is 5.33. The van der Waals surface area contributed by atoms with Crippen molar-refractivity contribution < 1.29 is 90.3 Å². The smallest absolute Gasteiger partial charge is 0.264 e. The van der Waals surface area contributed by atoms with Crippen molar-refractivity contribution in [3.8, 4) is 0 Å². The first-order valence-electron chi connectivity index (χ1n) is 24.4. The number of carbonyl (C=O) groups is 6. The fourth-order valence-electron chi connectivity index (χ4n) is 7.26. The van der Waals surface area contributed by atoms with Crippen LogP contribution < -0.4 is 10.6 Å². The van der Waals surface area contributed by atoms with Gasteiger partial charge in [-0.25, -0.2) is 0 Å². The van der Waals surface area contributed by atoms with E-state index in [9.17, 15) is 28.8 Å². The molecule has 3 aliphatic rings. The number of hydrogen-bond acceptors (Lipinski definition) is 20. The molecule has 0 aliphatic carbocycles. The van der Waals surface area contributed by atoms with Gasteiger partial charge in [-0.15, -0.1) is 0 Å². The number of fused-ring (bicyclic) bond motifs is 2. The van der Waals surface area contributed by atoms with Crippen molar-refractivity contribution in [1.82, 2.24) is 15.1 Å². The Morgan fingerprint density at radius 3 is 1.17 bits per heavy atom. The number of rotatable bonds is 44. The molecule has 2 N–H and O–H groups in total. The minimum absolute atomic E-state index is 0.0589. The molecule has 0 spiro atoms. The molecule has 23 heteroatoms. The van der Waals surface area contributed by atoms with Gasteiger partial charge in [-0.2, -0.15) is 0 Å². The summed E-state index contributed by atoms with van der Waals surface area (Å²) in [5.74, 6) is -2.77. The Kier molecular flexibility index (Phi) is 28.5. The molecule has 3 heterocycles. The van der Waals surface area contributed by atoms with E-state index in [1.807, 2.05) is 0 Å². The Bertz CT molecular complexity index is 1920. The van der Waals surface area contributed by atoms with E-state index in [4.69, 9.17) is 61.6 Å². The molecule has 72 heavy (non-hydrogen) atoms. The van der Waals surface area contributed by atoms with Crippen LogP contribution in [-0.4, -0.2) is 236 Å². The fraction of sp³-hybridized carbons (Fsp3) is 0.633. The summed E-state index contributed by atoms with van der Waals surface area (Å²) in [6.07, 6.45) is 0.155. The normalized spacial score (nSPS) is 15.5. The molecule has 0 aromatic heterocycles. The molecule has 6 amide bonds. The maximum Gasteiger partial charge on any atom is 0.264 e. The number of amides is 6. The van der Waals surface area contributed by atoms with Crippen LogP contribution in [0, 0.1) is 0 Å². The minimum Gasteiger partial charge on any atom is -0.382 e. The van der Waals surface area contributed by atoms with Crippen LogP contribution in [0.1, 0.15) is 54.3 Å². The molecule has 2 aromatic carbocycles. The zero-order chi connectivity index (χ0) is 50.9. The van der Waals surface area contributed by atoms with Gasteiger partial charge in [0, 0.05) is 18.7 Å². The highest BCUT2D eigenvalue weighted by Crippen LogP contribution is 2.32. The SMILES string of the molecule is O=C1CCC(N2C(=O)c3cccc(NCCOCCOCCOCCOCCOCCOCCOCCOCCOCCOCCOCCOCCOCCN4C(=O)c5ccccc5C4=O)c3C2=O)C(=O)N1. The monoisotopic (exact) mass is 1020 g/mol. The van der Waals surface area contributed by atoms with Crippen LogP contribution in [0.3, 0.4) is 0 Å². The maximum atomic E-state index is 13.2. The average molecular weight is 1020 g/mol. The summed E-state index contributed by atoms with van der Waals surface area (Å²) in [6, 6.07) is 10.7. The number of nitrogens with one attached hydrogen (secondary N) is 2. The van der Waals surface area contributed by atoms with Gasteiger partial charge >= 0.3 is 0 Å². The first kappa shape index (κ1) is 58.0. The number of anilines is 1. The lowest BCUT2D eigenvalue weighted by molar-refractivity contribution is -0.136. The van der Waals surface area contributed by atoms with Crippen LogP contribution >= 0.6 is 0 Å². The maximum absolute atomic E-state index is 13.2. The number of ether oxygens (including phenoxy) is 13. The molecule has 1 unspecified atom stereocenters. The van der Waals surface area contributed by atoms with E-state index in [0.29, 0.717) is 189 Å². The largest absolute Gasteiger partial charge is 0.382 e. The van der Waals surface area contributed by atoms with Crippen molar-refractivity contribution in [3.05, 3.63) is 64.7 Å². The third-order valence-electron chi connectivity index (χ3n) is 10.8. The summed E-state index contributed by atoms with van der Waals surface area (Å²) in [6.45, 7) is 11.5. The standard InChI is InChI=1S/C49H70N4O19/c54-43-9-8-42(45(55)51-43)53-48(58)40-6-3-7-41(44(40)49(53)59)50-10-12-60-14-16-62-18-20-64-22-24-66-26-28-68-30-32-70-34-36-72-37-35-71-33-31-69-29-27-67-25-23-65-21-19-63-17-15-61-13-11-52-46(56)38-4-1-2-5-39(38)47(52)57/h1-7,42,50H,8-37H2,(H,51,54,55). The van der Waals surface area contributed by atoms with Crippen LogP contribution in [0.25, 0.3) is 0 Å². The van der Waals surface area contributed by atoms with Crippen LogP contribution in [-0.2, 0) is 71.2 Å². The van der Waals surface area contributed by atoms with Gasteiger partial charge in [0.15, 0.2) is 0 Å². The Morgan fingerprint density at radius 2 is 0.778 bits per heavy atom. The van der Waals surface area contributed by atoms with Crippen molar-refractivity contribution in [2.45, 2.75) is 18.9 Å². The van der Waals surface area contributed by atoms with E-state index in [-0.39, 0.29) is 48.9 Å². The van der Waals surface area contributed by atoms with E-state index in [1.165, 1.54) is 4.90 Å². The van der Waals surface area contributed by atoms with Gasteiger partial charge in [-0.05, 0) is 30.7 Å². The number of nitrogens with zero attached hydrogens (tertiary/aromatic N) is 2. The zero-order valence-electron chi connectivity index (χ0n) is 41.0. The number of piperidine rings is 1. The summed E-state index contributed by atoms with van der Waals surface area (Å²) in [5.41, 5.74) is 1.75. The summed E-state index contributed by atoms with van der Waals surface area (Å²) < 4.78 is 71.7. The highest BCUT2D eigenvalue weighted by molar-refractivity contribution is 6.25. The Labute approximate surface area is 419 Å². The molecule has 1 saturated heterocycles. The molecular weight excluding hydrogens is 949 g/mol. The zero-order valence-corrected chi connectivity index (χ0v) is 41.0. The third-order valence-corrected chi connectivity index (χ3v) is 10.8. The van der Waals surface area contributed by atoms with Crippen molar-refractivity contribution in [2.75, 3.05) is 190 Å². The van der Waals surface area contributed by atoms with E-state index >= 15 is 0 Å². The molecule has 400 valence electrons. The van der Waals surface area contributed by atoms with Crippen LogP contribution in [0.5, 0.6) is 0 Å². The van der Waals surface area contributed by atoms with Gasteiger partial charge in [-0.1, -0.05) is 18.2 Å². The van der Waals surface area contributed by atoms with Crippen molar-refractivity contribution in [3.63, 3.8) is 0 Å². The van der Waals surface area contributed by atoms with Crippen LogP contribution in [0.2, 0.25) is 0 Å². The molecule has 3 aliphatic heterocycles. The molecule has 2 aromatic rings. The van der Waals surface area contributed by atoms with Crippen molar-refractivity contribution in [2.24, 2.45) is 0 Å². The Morgan fingerprint density at radius 1 is 0.417 bits per heavy atom. The molecule has 1 fully saturated rings. The minimum atomic E-state index is -1.02. The second-order valence-electron chi connectivity index (χ2n) is 15.9. The molecule has 23 nitrogen and oxygen atoms in total. The highest BCUT2D eigenvalue weighted by Gasteiger charge is 2.45. The predicted molar refractivity (Wildman–Crippen MR) is 254 cm³/mol. The first-order chi connectivity index (χ1) is 35.4. The molecule has 5 rings (SSSR count). The quantitative estimate of drug-likeness (QED) is 0.0694. The van der Waals surface area contributed by atoms with Crippen LogP contribution in [0.15, 0.2) is 42.5 Å². The lowest BCUT2D eigenvalue weighted by Gasteiger charge is -2.27. The van der Waals surface area contributed by atoms with Gasteiger partial charge < -0.3 is 66.9 Å². The third kappa shape index (κ3) is 20.6. The van der Waals surface area contributed by atoms with Gasteiger partial charge in [-0.3, -0.25) is 43.9 Å². The lowest BCUT2D eigenvalue weighted by Crippen LogP contribution is -2.54. The van der Waals surface area contributed by atoms with Gasteiger partial charge in [0.05, 0.1) is 201 Å². The van der Waals surface area contributed by atoms with Gasteiger partial charge in [0.2, 0.25) is 11.8 Å². The molecule has 0 saturated carbocycles. The molecule has 0 bridgehead atoms. The second-order valence-corrected chi connectivity index (χ2v) is 15.9. The summed E-state index contributed by atoms with van der Waals surface area (Å²) in [4.78, 5) is 76.9. The van der Waals surface area contributed by atoms with E-state index in [2.05, 4.69) is 10.6 Å². The molecule has 0 radical (unpaired) electrons. The van der Waals surface area contributed by atoms with E-state index < -0.39 is 29.7 Å². The van der Waals surface area contributed by atoms with E-state index in [0.717, 1.165) is 4.90 Å². The Hall–Kier alpha value is -4.86. The fourth-order valence-corrected chi connectivity index (χ4v) is 7.26. The van der Waals surface area contributed by atoms with Crippen LogP contribution in [0.4, 0.5) is 5.69 Å².